The molecule has 0 radical (unpaired) electrons. The van der Waals surface area contributed by atoms with Crippen LogP contribution in [0.25, 0.3) is 11.2 Å². The minimum atomic E-state index is -1.26. The molecule has 1 saturated heterocycles. The Morgan fingerprint density at radius 1 is 1.58 bits per heavy atom. The van der Waals surface area contributed by atoms with Gasteiger partial charge in [0.05, 0.1) is 19.0 Å². The first-order valence-electron chi connectivity index (χ1n) is 5.66. The Morgan fingerprint density at radius 3 is 3.05 bits per heavy atom. The quantitative estimate of drug-likeness (QED) is 0.788. The van der Waals surface area contributed by atoms with E-state index in [9.17, 15) is 4.39 Å². The summed E-state index contributed by atoms with van der Waals surface area (Å²) < 4.78 is 20.8. The van der Waals surface area contributed by atoms with Gasteiger partial charge in [0.2, 0.25) is 5.28 Å². The molecule has 0 aromatic carbocycles. The van der Waals surface area contributed by atoms with Gasteiger partial charge >= 0.3 is 0 Å². The van der Waals surface area contributed by atoms with Gasteiger partial charge in [-0.15, -0.1) is 0 Å². The summed E-state index contributed by atoms with van der Waals surface area (Å²) in [7, 11) is 0. The van der Waals surface area contributed by atoms with Crippen LogP contribution in [0.15, 0.2) is 6.33 Å². The Hall–Kier alpha value is -1.51. The maximum atomic E-state index is 13.9. The zero-order chi connectivity index (χ0) is 13.6. The minimum Gasteiger partial charge on any atom is -0.394 e. The number of hydrogen-bond donors (Lipinski definition) is 2. The molecular weight excluding hydrogens is 277 g/mol. The Bertz CT molecular complexity index is 621. The van der Waals surface area contributed by atoms with Gasteiger partial charge in [-0.25, -0.2) is 9.37 Å². The van der Waals surface area contributed by atoms with E-state index in [-0.39, 0.29) is 24.1 Å². The van der Waals surface area contributed by atoms with E-state index in [1.165, 1.54) is 10.9 Å². The van der Waals surface area contributed by atoms with Crippen molar-refractivity contribution >= 4 is 28.6 Å². The number of aliphatic hydroxyl groups is 1. The van der Waals surface area contributed by atoms with Gasteiger partial charge in [0, 0.05) is 6.42 Å². The van der Waals surface area contributed by atoms with Crippen LogP contribution in [0.4, 0.5) is 10.2 Å². The van der Waals surface area contributed by atoms with E-state index in [0.29, 0.717) is 11.2 Å². The van der Waals surface area contributed by atoms with Crippen molar-refractivity contribution in [2.24, 2.45) is 0 Å². The summed E-state index contributed by atoms with van der Waals surface area (Å²) in [6.45, 7) is -0.235. The smallest absolute Gasteiger partial charge is 0.226 e. The molecule has 3 atom stereocenters. The van der Waals surface area contributed by atoms with Gasteiger partial charge < -0.3 is 15.6 Å². The number of nitrogen functional groups attached to an aromatic ring is 1. The number of anilines is 1. The highest BCUT2D eigenvalue weighted by molar-refractivity contribution is 6.28. The number of fused-ring (bicyclic) bond motifs is 1. The first-order valence-corrected chi connectivity index (χ1v) is 6.04. The lowest BCUT2D eigenvalue weighted by molar-refractivity contribution is -0.0351. The van der Waals surface area contributed by atoms with E-state index in [1.807, 2.05) is 0 Å². The first kappa shape index (κ1) is 12.5. The summed E-state index contributed by atoms with van der Waals surface area (Å²) in [6.07, 6.45) is -1.19. The molecule has 0 amide bonds. The van der Waals surface area contributed by atoms with Crippen molar-refractivity contribution in [2.75, 3.05) is 12.3 Å². The zero-order valence-electron chi connectivity index (χ0n) is 9.70. The molecule has 102 valence electrons. The van der Waals surface area contributed by atoms with Crippen molar-refractivity contribution in [1.29, 1.82) is 0 Å². The average molecular weight is 288 g/mol. The Balaban J connectivity index is 2.06. The van der Waals surface area contributed by atoms with E-state index in [2.05, 4.69) is 15.0 Å². The fraction of sp³-hybridized carbons (Fsp3) is 0.500. The Kier molecular flexibility index (Phi) is 3.00. The van der Waals surface area contributed by atoms with Crippen molar-refractivity contribution in [3.05, 3.63) is 11.6 Å². The fourth-order valence-corrected chi connectivity index (χ4v) is 2.33. The van der Waals surface area contributed by atoms with Gasteiger partial charge in [0.1, 0.15) is 11.7 Å². The lowest BCUT2D eigenvalue weighted by Crippen LogP contribution is -2.17. The van der Waals surface area contributed by atoms with E-state index in [0.717, 1.165) is 0 Å². The van der Waals surface area contributed by atoms with Crippen LogP contribution in [-0.4, -0.2) is 43.5 Å². The van der Waals surface area contributed by atoms with Crippen LogP contribution in [-0.2, 0) is 4.74 Å². The number of nitrogens with zero attached hydrogens (tertiary/aromatic N) is 4. The topological polar surface area (TPSA) is 99.1 Å². The van der Waals surface area contributed by atoms with E-state index in [1.54, 1.807) is 0 Å². The van der Waals surface area contributed by atoms with Crippen molar-refractivity contribution in [3.8, 4) is 0 Å². The highest BCUT2D eigenvalue weighted by Crippen LogP contribution is 2.33. The van der Waals surface area contributed by atoms with Crippen LogP contribution < -0.4 is 5.73 Å². The summed E-state index contributed by atoms with van der Waals surface area (Å²) in [6, 6.07) is 0. The normalized spacial score (nSPS) is 27.2. The third-order valence-electron chi connectivity index (χ3n) is 3.03. The first-order chi connectivity index (χ1) is 9.10. The summed E-state index contributed by atoms with van der Waals surface area (Å²) in [4.78, 5) is 11.8. The monoisotopic (exact) mass is 287 g/mol. The standard InChI is InChI=1S/C10H11ClFN5O2/c11-10-15-7(13)6-8(16-10)17(3-14-6)9-5(12)1-4(2-18)19-9/h3-5,9,18H,1-2H2,(H2,13,15,16)/t4-,5-,9+/m0/s1. The van der Waals surface area contributed by atoms with E-state index < -0.39 is 18.5 Å². The second kappa shape index (κ2) is 4.55. The minimum absolute atomic E-state index is 0.0427. The molecule has 0 aliphatic carbocycles. The van der Waals surface area contributed by atoms with Crippen molar-refractivity contribution in [3.63, 3.8) is 0 Å². The van der Waals surface area contributed by atoms with Crippen molar-refractivity contribution in [1.82, 2.24) is 19.5 Å². The zero-order valence-corrected chi connectivity index (χ0v) is 10.5. The van der Waals surface area contributed by atoms with Crippen LogP contribution >= 0.6 is 11.6 Å². The van der Waals surface area contributed by atoms with Crippen LogP contribution in [0.1, 0.15) is 12.6 Å². The molecule has 9 heteroatoms. The van der Waals surface area contributed by atoms with E-state index >= 15 is 0 Å². The van der Waals surface area contributed by atoms with Gasteiger partial charge in [-0.3, -0.25) is 4.57 Å². The molecule has 0 unspecified atom stereocenters. The molecule has 3 heterocycles. The third kappa shape index (κ3) is 2.01. The van der Waals surface area contributed by atoms with Crippen LogP contribution in [0.5, 0.6) is 0 Å². The number of hydrogen-bond acceptors (Lipinski definition) is 6. The van der Waals surface area contributed by atoms with Gasteiger partial charge in [-0.05, 0) is 11.6 Å². The highest BCUT2D eigenvalue weighted by atomic mass is 35.5. The number of alkyl halides is 1. The molecule has 0 bridgehead atoms. The molecule has 7 nitrogen and oxygen atoms in total. The maximum Gasteiger partial charge on any atom is 0.226 e. The predicted octanol–water partition coefficient (Wildman–Crippen LogP) is 0.680. The summed E-state index contributed by atoms with van der Waals surface area (Å²) in [5.41, 5.74) is 6.32. The Morgan fingerprint density at radius 2 is 2.37 bits per heavy atom. The molecule has 3 rings (SSSR count). The number of halogens is 2. The van der Waals surface area contributed by atoms with Gasteiger partial charge in [0.25, 0.3) is 0 Å². The van der Waals surface area contributed by atoms with Crippen molar-refractivity contribution in [2.45, 2.75) is 24.9 Å². The predicted molar refractivity (Wildman–Crippen MR) is 65.3 cm³/mol. The summed E-state index contributed by atoms with van der Waals surface area (Å²) in [5, 5.41) is 8.97. The molecular formula is C10H11ClFN5O2. The average Bonchev–Trinajstić information content (AvgIpc) is 2.92. The maximum absolute atomic E-state index is 13.9. The molecule has 1 aliphatic heterocycles. The molecule has 2 aromatic rings. The number of imidazole rings is 1. The fourth-order valence-electron chi connectivity index (χ4n) is 2.16. The SMILES string of the molecule is Nc1nc(Cl)nc2c1ncn2[C@@H]1O[C@H](CO)C[C@@H]1F. The van der Waals surface area contributed by atoms with Crippen molar-refractivity contribution < 1.29 is 14.2 Å². The number of nitrogens with two attached hydrogens (primary N) is 1. The molecule has 1 aliphatic rings. The molecule has 3 N–H and O–H groups in total. The molecule has 1 fully saturated rings. The molecule has 19 heavy (non-hydrogen) atoms. The third-order valence-corrected chi connectivity index (χ3v) is 3.20. The van der Waals surface area contributed by atoms with Gasteiger partial charge in [-0.1, -0.05) is 0 Å². The number of rotatable bonds is 2. The number of aliphatic hydroxyl groups excluding tert-OH is 1. The van der Waals surface area contributed by atoms with Gasteiger partial charge in [0.15, 0.2) is 17.7 Å². The molecule has 0 spiro atoms. The Labute approximate surface area is 112 Å². The van der Waals surface area contributed by atoms with Crippen LogP contribution in [0, 0.1) is 0 Å². The number of ether oxygens (including phenoxy) is 1. The largest absolute Gasteiger partial charge is 0.394 e. The number of aromatic nitrogens is 4. The lowest BCUT2D eigenvalue weighted by Gasteiger charge is -2.15. The van der Waals surface area contributed by atoms with Gasteiger partial charge in [-0.2, -0.15) is 9.97 Å². The molecule has 0 saturated carbocycles. The van der Waals surface area contributed by atoms with Crippen LogP contribution in [0.2, 0.25) is 5.28 Å². The summed E-state index contributed by atoms with van der Waals surface area (Å²) in [5.74, 6) is 0.126. The van der Waals surface area contributed by atoms with Crippen LogP contribution in [0.3, 0.4) is 0 Å². The summed E-state index contributed by atoms with van der Waals surface area (Å²) >= 11 is 5.73. The second-order valence-corrected chi connectivity index (χ2v) is 4.62. The lowest BCUT2D eigenvalue weighted by atomic mass is 10.2. The second-order valence-electron chi connectivity index (χ2n) is 4.28. The molecule has 2 aromatic heterocycles. The highest BCUT2D eigenvalue weighted by Gasteiger charge is 2.37. The van der Waals surface area contributed by atoms with E-state index in [4.69, 9.17) is 27.2 Å².